The summed E-state index contributed by atoms with van der Waals surface area (Å²) in [6.45, 7) is 2.41. The third-order valence-electron chi connectivity index (χ3n) is 7.83. The Labute approximate surface area is 197 Å². The third-order valence-corrected chi connectivity index (χ3v) is 8.96. The Morgan fingerprint density at radius 1 is 0.909 bits per heavy atom. The lowest BCUT2D eigenvalue weighted by atomic mass is 9.89. The molecule has 6 heteroatoms. The zero-order chi connectivity index (χ0) is 23.0. The van der Waals surface area contributed by atoms with E-state index in [1.807, 2.05) is 12.1 Å². The van der Waals surface area contributed by atoms with Crippen molar-refractivity contribution in [3.05, 3.63) is 48.2 Å². The number of nitrogens with zero attached hydrogens (tertiary/aromatic N) is 3. The average Bonchev–Trinajstić information content (AvgIpc) is 2.98. The summed E-state index contributed by atoms with van der Waals surface area (Å²) in [5, 5.41) is 0. The molecule has 1 aliphatic heterocycles. The molecule has 0 bridgehead atoms. The van der Waals surface area contributed by atoms with Crippen LogP contribution in [0.2, 0.25) is 0 Å². The van der Waals surface area contributed by atoms with Crippen molar-refractivity contribution < 1.29 is 8.42 Å². The molecule has 1 aromatic carbocycles. The van der Waals surface area contributed by atoms with E-state index in [0.717, 1.165) is 28.3 Å². The Balaban J connectivity index is 1.33. The van der Waals surface area contributed by atoms with Crippen molar-refractivity contribution in [1.29, 1.82) is 0 Å². The number of rotatable bonds is 4. The molecule has 2 aliphatic rings. The van der Waals surface area contributed by atoms with E-state index >= 15 is 0 Å². The predicted octanol–water partition coefficient (Wildman–Crippen LogP) is 5.55. The lowest BCUT2D eigenvalue weighted by Gasteiger charge is -2.37. The summed E-state index contributed by atoms with van der Waals surface area (Å²) in [7, 11) is -1.12. The van der Waals surface area contributed by atoms with Gasteiger partial charge in [0.1, 0.15) is 0 Å². The van der Waals surface area contributed by atoms with E-state index in [1.165, 1.54) is 76.3 Å². The second-order valence-corrected chi connectivity index (χ2v) is 12.0. The van der Waals surface area contributed by atoms with Crippen LogP contribution in [0.1, 0.15) is 62.8 Å². The van der Waals surface area contributed by atoms with Crippen LogP contribution in [0.5, 0.6) is 0 Å². The molecule has 0 unspecified atom stereocenters. The summed E-state index contributed by atoms with van der Waals surface area (Å²) in [6.07, 6.45) is 14.2. The number of likely N-dealkylation sites (tertiary alicyclic amines) is 1. The van der Waals surface area contributed by atoms with Gasteiger partial charge in [-0.15, -0.1) is 0 Å². The molecule has 0 N–H and O–H groups in total. The summed E-state index contributed by atoms with van der Waals surface area (Å²) in [6, 6.07) is 12.4. The van der Waals surface area contributed by atoms with Crippen LogP contribution in [0.25, 0.3) is 22.3 Å². The minimum Gasteiger partial charge on any atom is -0.342 e. The Hall–Kier alpha value is -2.18. The van der Waals surface area contributed by atoms with E-state index in [2.05, 4.69) is 34.8 Å². The van der Waals surface area contributed by atoms with Crippen LogP contribution in [0.3, 0.4) is 0 Å². The van der Waals surface area contributed by atoms with Crippen LogP contribution >= 0.6 is 0 Å². The van der Waals surface area contributed by atoms with Crippen molar-refractivity contribution >= 4 is 20.9 Å². The molecule has 1 aliphatic carbocycles. The minimum atomic E-state index is -3.19. The number of fused-ring (bicyclic) bond motifs is 1. The van der Waals surface area contributed by atoms with Crippen molar-refractivity contribution in [2.45, 2.75) is 68.2 Å². The highest BCUT2D eigenvalue weighted by Crippen LogP contribution is 2.34. The van der Waals surface area contributed by atoms with Gasteiger partial charge < -0.3 is 9.47 Å². The van der Waals surface area contributed by atoms with Gasteiger partial charge in [0.15, 0.2) is 9.84 Å². The predicted molar refractivity (Wildman–Crippen MR) is 134 cm³/mol. The van der Waals surface area contributed by atoms with Gasteiger partial charge >= 0.3 is 0 Å². The molecule has 1 saturated carbocycles. The highest BCUT2D eigenvalue weighted by atomic mass is 32.2. The Kier molecular flexibility index (Phi) is 6.32. The lowest BCUT2D eigenvalue weighted by molar-refractivity contribution is 0.139. The van der Waals surface area contributed by atoms with Gasteiger partial charge in [0.2, 0.25) is 0 Å². The molecule has 2 aromatic heterocycles. The monoisotopic (exact) mass is 465 g/mol. The zero-order valence-electron chi connectivity index (χ0n) is 19.8. The standard InChI is InChI=1S/C27H35N3O2S/c1-29-26(21-9-11-24(12-10-21)33(2,31)32)18-25-27(29)17-22(19-28-25)20-13-15-30(16-14-20)23-7-5-3-4-6-8-23/h9-12,17-20,23H,3-8,13-16H2,1-2H3. The quantitative estimate of drug-likeness (QED) is 0.474. The number of aromatic nitrogens is 2. The molecule has 3 aromatic rings. The summed E-state index contributed by atoms with van der Waals surface area (Å²) >= 11 is 0. The van der Waals surface area contributed by atoms with E-state index in [9.17, 15) is 8.42 Å². The van der Waals surface area contributed by atoms with E-state index < -0.39 is 9.84 Å². The zero-order valence-corrected chi connectivity index (χ0v) is 20.7. The summed E-state index contributed by atoms with van der Waals surface area (Å²) in [5.74, 6) is 0.580. The van der Waals surface area contributed by atoms with Crippen LogP contribution in [0, 0.1) is 0 Å². The fraction of sp³-hybridized carbons (Fsp3) is 0.519. The van der Waals surface area contributed by atoms with Gasteiger partial charge in [0, 0.05) is 25.5 Å². The van der Waals surface area contributed by atoms with Gasteiger partial charge in [-0.3, -0.25) is 4.98 Å². The maximum absolute atomic E-state index is 11.8. The number of piperidine rings is 1. The topological polar surface area (TPSA) is 55.2 Å². The van der Waals surface area contributed by atoms with Gasteiger partial charge in [-0.05, 0) is 80.1 Å². The Morgan fingerprint density at radius 2 is 1.58 bits per heavy atom. The molecule has 2 fully saturated rings. The molecule has 33 heavy (non-hydrogen) atoms. The normalized spacial score (nSPS) is 19.7. The van der Waals surface area contributed by atoms with Crippen LogP contribution in [0.4, 0.5) is 0 Å². The molecule has 1 saturated heterocycles. The van der Waals surface area contributed by atoms with E-state index in [4.69, 9.17) is 4.98 Å². The number of benzene rings is 1. The number of sulfone groups is 1. The van der Waals surface area contributed by atoms with Gasteiger partial charge in [-0.25, -0.2) is 8.42 Å². The maximum Gasteiger partial charge on any atom is 0.175 e. The molecule has 5 rings (SSSR count). The van der Waals surface area contributed by atoms with Gasteiger partial charge in [-0.2, -0.15) is 0 Å². The van der Waals surface area contributed by atoms with Crippen LogP contribution < -0.4 is 0 Å². The fourth-order valence-corrected chi connectivity index (χ4v) is 6.44. The lowest BCUT2D eigenvalue weighted by Crippen LogP contribution is -2.40. The second kappa shape index (κ2) is 9.22. The largest absolute Gasteiger partial charge is 0.342 e. The van der Waals surface area contributed by atoms with Crippen molar-refractivity contribution in [2.24, 2.45) is 7.05 Å². The Bertz CT molecular complexity index is 1210. The van der Waals surface area contributed by atoms with Crippen molar-refractivity contribution in [2.75, 3.05) is 19.3 Å². The first kappa shape index (κ1) is 22.6. The molecule has 0 radical (unpaired) electrons. The first-order chi connectivity index (χ1) is 15.9. The van der Waals surface area contributed by atoms with Gasteiger partial charge in [-0.1, -0.05) is 37.8 Å². The number of hydrogen-bond acceptors (Lipinski definition) is 4. The van der Waals surface area contributed by atoms with Crippen molar-refractivity contribution in [1.82, 2.24) is 14.5 Å². The molecular weight excluding hydrogens is 430 g/mol. The van der Waals surface area contributed by atoms with Gasteiger partial charge in [0.05, 0.1) is 21.6 Å². The summed E-state index contributed by atoms with van der Waals surface area (Å²) in [4.78, 5) is 7.92. The molecule has 5 nitrogen and oxygen atoms in total. The smallest absolute Gasteiger partial charge is 0.175 e. The summed E-state index contributed by atoms with van der Waals surface area (Å²) in [5.41, 5.74) is 5.53. The third kappa shape index (κ3) is 4.73. The van der Waals surface area contributed by atoms with Gasteiger partial charge in [0.25, 0.3) is 0 Å². The Morgan fingerprint density at radius 3 is 2.21 bits per heavy atom. The van der Waals surface area contributed by atoms with Crippen LogP contribution in [-0.4, -0.2) is 48.3 Å². The first-order valence-corrected chi connectivity index (χ1v) is 14.3. The molecular formula is C27H35N3O2S. The molecule has 0 amide bonds. The highest BCUT2D eigenvalue weighted by Gasteiger charge is 2.27. The van der Waals surface area contributed by atoms with E-state index in [-0.39, 0.29) is 0 Å². The van der Waals surface area contributed by atoms with Crippen molar-refractivity contribution in [3.63, 3.8) is 0 Å². The molecule has 0 atom stereocenters. The minimum absolute atomic E-state index is 0.348. The fourth-order valence-electron chi connectivity index (χ4n) is 5.81. The SMILES string of the molecule is Cn1c(-c2ccc(S(C)(=O)=O)cc2)cc2ncc(C3CCN(C4CCCCCC4)CC3)cc21. The number of aryl methyl sites for hydroxylation is 1. The molecule has 3 heterocycles. The van der Waals surface area contributed by atoms with Crippen LogP contribution in [-0.2, 0) is 16.9 Å². The molecule has 176 valence electrons. The maximum atomic E-state index is 11.8. The average molecular weight is 466 g/mol. The first-order valence-electron chi connectivity index (χ1n) is 12.4. The number of hydrogen-bond donors (Lipinski definition) is 0. The highest BCUT2D eigenvalue weighted by molar-refractivity contribution is 7.90. The van der Waals surface area contributed by atoms with E-state index in [0.29, 0.717) is 10.8 Å². The summed E-state index contributed by atoms with van der Waals surface area (Å²) < 4.78 is 25.7. The second-order valence-electron chi connectivity index (χ2n) is 10.0. The molecule has 0 spiro atoms. The van der Waals surface area contributed by atoms with Crippen LogP contribution in [0.15, 0.2) is 47.5 Å². The van der Waals surface area contributed by atoms with Crippen molar-refractivity contribution in [3.8, 4) is 11.3 Å². The number of pyridine rings is 1. The van der Waals surface area contributed by atoms with E-state index in [1.54, 1.807) is 12.1 Å².